The molecular formula is C23H30N4O4S. The molecule has 0 aliphatic heterocycles. The smallest absolute Gasteiger partial charge is 0.328 e. The molecule has 3 aromatic rings. The van der Waals surface area contributed by atoms with Gasteiger partial charge in [-0.25, -0.2) is 9.78 Å². The molecule has 172 valence electrons. The third-order valence-corrected chi connectivity index (χ3v) is 5.78. The second kappa shape index (κ2) is 11.7. The number of aromatic amines is 1. The van der Waals surface area contributed by atoms with Crippen molar-refractivity contribution in [3.63, 3.8) is 0 Å². The van der Waals surface area contributed by atoms with Gasteiger partial charge in [-0.3, -0.25) is 4.79 Å². The lowest BCUT2D eigenvalue weighted by Crippen LogP contribution is -2.43. The summed E-state index contributed by atoms with van der Waals surface area (Å²) in [5, 5.41) is 3.76. The molecule has 0 fully saturated rings. The summed E-state index contributed by atoms with van der Waals surface area (Å²) in [4.78, 5) is 33.0. The number of oxazole rings is 1. The van der Waals surface area contributed by atoms with Crippen molar-refractivity contribution in [1.29, 1.82) is 0 Å². The minimum absolute atomic E-state index is 0.0879. The first kappa shape index (κ1) is 23.9. The summed E-state index contributed by atoms with van der Waals surface area (Å²) in [6.45, 7) is 2.33. The normalized spacial score (nSPS) is 13.1. The number of carbonyl (C=O) groups is 2. The van der Waals surface area contributed by atoms with E-state index in [-0.39, 0.29) is 11.7 Å². The molecule has 9 heteroatoms. The first-order chi connectivity index (χ1) is 15.5. The number of ether oxygens (including phenoxy) is 1. The molecule has 1 aromatic carbocycles. The van der Waals surface area contributed by atoms with E-state index in [1.807, 2.05) is 43.6 Å². The molecule has 2 heterocycles. The molecule has 4 N–H and O–H groups in total. The largest absolute Gasteiger partial charge is 0.464 e. The van der Waals surface area contributed by atoms with Crippen LogP contribution in [0.4, 0.5) is 0 Å². The molecule has 2 aromatic heterocycles. The first-order valence-corrected chi connectivity index (χ1v) is 12.1. The van der Waals surface area contributed by atoms with E-state index < -0.39 is 17.9 Å². The highest BCUT2D eigenvalue weighted by atomic mass is 32.2. The van der Waals surface area contributed by atoms with E-state index in [1.165, 1.54) is 6.26 Å². The van der Waals surface area contributed by atoms with E-state index in [9.17, 15) is 9.59 Å². The molecule has 2 atom stereocenters. The number of H-pyrrole nitrogens is 1. The zero-order valence-electron chi connectivity index (χ0n) is 18.4. The van der Waals surface area contributed by atoms with Crippen LogP contribution in [0, 0.1) is 0 Å². The number of nitrogens with one attached hydrogen (secondary N) is 2. The Labute approximate surface area is 191 Å². The maximum absolute atomic E-state index is 12.8. The summed E-state index contributed by atoms with van der Waals surface area (Å²) in [6, 6.07) is 6.57. The zero-order valence-corrected chi connectivity index (χ0v) is 19.2. The molecule has 3 rings (SSSR count). The predicted octanol–water partition coefficient (Wildman–Crippen LogP) is 3.59. The van der Waals surface area contributed by atoms with Crippen molar-refractivity contribution in [1.82, 2.24) is 15.3 Å². The molecule has 0 bridgehead atoms. The summed E-state index contributed by atoms with van der Waals surface area (Å²) < 4.78 is 10.8. The van der Waals surface area contributed by atoms with Gasteiger partial charge < -0.3 is 25.2 Å². The van der Waals surface area contributed by atoms with Gasteiger partial charge in [0.05, 0.1) is 12.6 Å². The molecule has 32 heavy (non-hydrogen) atoms. The number of fused-ring (bicyclic) bond motifs is 1. The van der Waals surface area contributed by atoms with Crippen LogP contribution in [0.1, 0.15) is 54.2 Å². The van der Waals surface area contributed by atoms with E-state index in [1.54, 1.807) is 11.8 Å². The Kier molecular flexibility index (Phi) is 8.75. The molecule has 0 aliphatic rings. The Hall–Kier alpha value is -2.78. The van der Waals surface area contributed by atoms with Crippen molar-refractivity contribution in [3.8, 4) is 0 Å². The third kappa shape index (κ3) is 6.14. The number of esters is 1. The third-order valence-electron chi connectivity index (χ3n) is 5.14. The highest BCUT2D eigenvalue weighted by Gasteiger charge is 2.26. The number of benzene rings is 1. The van der Waals surface area contributed by atoms with E-state index in [4.69, 9.17) is 14.9 Å². The summed E-state index contributed by atoms with van der Waals surface area (Å²) in [7, 11) is 0. The van der Waals surface area contributed by atoms with Crippen LogP contribution in [-0.4, -0.2) is 46.5 Å². The molecule has 0 aliphatic carbocycles. The SMILES string of the molecule is CCCCOC(=O)C(Cc1c[nH]c2ccccc12)NC(=O)c1coc(C(N)CCSC)n1. The number of hydrogen-bond donors (Lipinski definition) is 3. The zero-order chi connectivity index (χ0) is 22.9. The van der Waals surface area contributed by atoms with Crippen LogP contribution in [0.2, 0.25) is 0 Å². The molecule has 0 spiro atoms. The second-order valence-corrected chi connectivity index (χ2v) is 8.56. The summed E-state index contributed by atoms with van der Waals surface area (Å²) >= 11 is 1.68. The molecule has 8 nitrogen and oxygen atoms in total. The van der Waals surface area contributed by atoms with Crippen molar-refractivity contribution in [3.05, 3.63) is 53.9 Å². The van der Waals surface area contributed by atoms with Crippen molar-refractivity contribution >= 4 is 34.5 Å². The fourth-order valence-corrected chi connectivity index (χ4v) is 3.78. The van der Waals surface area contributed by atoms with Crippen LogP contribution < -0.4 is 11.1 Å². The fourth-order valence-electron chi connectivity index (χ4n) is 3.29. The number of unbranched alkanes of at least 4 members (excludes halogenated alkanes) is 1. The van der Waals surface area contributed by atoms with Crippen molar-refractivity contribution in [2.45, 2.75) is 44.7 Å². The molecule has 2 unspecified atom stereocenters. The van der Waals surface area contributed by atoms with Gasteiger partial charge in [-0.2, -0.15) is 11.8 Å². The van der Waals surface area contributed by atoms with Gasteiger partial charge >= 0.3 is 5.97 Å². The number of nitrogens with two attached hydrogens (primary N) is 1. The molecule has 0 saturated heterocycles. The number of para-hydroxylation sites is 1. The van der Waals surface area contributed by atoms with Gasteiger partial charge in [0.25, 0.3) is 5.91 Å². The van der Waals surface area contributed by atoms with Crippen LogP contribution in [0.5, 0.6) is 0 Å². The summed E-state index contributed by atoms with van der Waals surface area (Å²) in [5.74, 6) is 0.191. The number of rotatable bonds is 12. The van der Waals surface area contributed by atoms with E-state index >= 15 is 0 Å². The lowest BCUT2D eigenvalue weighted by molar-refractivity contribution is -0.146. The number of carbonyl (C=O) groups excluding carboxylic acids is 2. The minimum atomic E-state index is -0.858. The lowest BCUT2D eigenvalue weighted by atomic mass is 10.0. The minimum Gasteiger partial charge on any atom is -0.464 e. The van der Waals surface area contributed by atoms with Gasteiger partial charge in [-0.1, -0.05) is 31.5 Å². The number of hydrogen-bond acceptors (Lipinski definition) is 7. The summed E-state index contributed by atoms with van der Waals surface area (Å²) in [5.41, 5.74) is 8.04. The Morgan fingerprint density at radius 2 is 2.16 bits per heavy atom. The van der Waals surface area contributed by atoms with Crippen molar-refractivity contribution in [2.75, 3.05) is 18.6 Å². The van der Waals surface area contributed by atoms with E-state index in [2.05, 4.69) is 15.3 Å². The molecule has 1 amide bonds. The van der Waals surface area contributed by atoms with Gasteiger partial charge in [-0.15, -0.1) is 0 Å². The molecular weight excluding hydrogens is 428 g/mol. The maximum Gasteiger partial charge on any atom is 0.328 e. The van der Waals surface area contributed by atoms with Gasteiger partial charge in [0.1, 0.15) is 12.3 Å². The van der Waals surface area contributed by atoms with Crippen LogP contribution in [-0.2, 0) is 16.0 Å². The Bertz CT molecular complexity index is 1030. The highest BCUT2D eigenvalue weighted by molar-refractivity contribution is 7.98. The predicted molar refractivity (Wildman–Crippen MR) is 126 cm³/mol. The Balaban J connectivity index is 1.74. The lowest BCUT2D eigenvalue weighted by Gasteiger charge is -2.17. The topological polar surface area (TPSA) is 123 Å². The maximum atomic E-state index is 12.8. The van der Waals surface area contributed by atoms with Gasteiger partial charge in [-0.05, 0) is 36.5 Å². The molecule has 0 saturated carbocycles. The van der Waals surface area contributed by atoms with Crippen LogP contribution >= 0.6 is 11.8 Å². The van der Waals surface area contributed by atoms with Crippen LogP contribution in [0.25, 0.3) is 10.9 Å². The highest BCUT2D eigenvalue weighted by Crippen LogP contribution is 2.20. The van der Waals surface area contributed by atoms with Crippen LogP contribution in [0.3, 0.4) is 0 Å². The van der Waals surface area contributed by atoms with Gasteiger partial charge in [0, 0.05) is 23.5 Å². The number of amides is 1. The number of thioether (sulfide) groups is 1. The second-order valence-electron chi connectivity index (χ2n) is 7.57. The average Bonchev–Trinajstić information content (AvgIpc) is 3.45. The van der Waals surface area contributed by atoms with Crippen molar-refractivity contribution < 1.29 is 18.7 Å². The Morgan fingerprint density at radius 1 is 1.34 bits per heavy atom. The number of nitrogens with zero attached hydrogens (tertiary/aromatic N) is 1. The van der Waals surface area contributed by atoms with Crippen molar-refractivity contribution in [2.24, 2.45) is 5.73 Å². The van der Waals surface area contributed by atoms with Crippen LogP contribution in [0.15, 0.2) is 41.1 Å². The fraction of sp³-hybridized carbons (Fsp3) is 0.435. The quantitative estimate of drug-likeness (QED) is 0.280. The molecule has 0 radical (unpaired) electrons. The average molecular weight is 459 g/mol. The number of aromatic nitrogens is 2. The first-order valence-electron chi connectivity index (χ1n) is 10.8. The van der Waals surface area contributed by atoms with Gasteiger partial charge in [0.15, 0.2) is 5.69 Å². The summed E-state index contributed by atoms with van der Waals surface area (Å²) in [6.07, 6.45) is 7.77. The van der Waals surface area contributed by atoms with E-state index in [0.29, 0.717) is 25.3 Å². The Morgan fingerprint density at radius 3 is 2.94 bits per heavy atom. The monoisotopic (exact) mass is 458 g/mol. The standard InChI is InChI=1S/C23H30N4O4S/c1-3-4-10-30-23(29)19(12-15-13-25-18-8-6-5-7-16(15)18)26-21(28)20-14-31-22(27-20)17(24)9-11-32-2/h5-8,13-14,17,19,25H,3-4,9-12,24H2,1-2H3,(H,26,28). The van der Waals surface area contributed by atoms with E-state index in [0.717, 1.165) is 35.1 Å². The van der Waals surface area contributed by atoms with Gasteiger partial charge in [0.2, 0.25) is 5.89 Å².